The van der Waals surface area contributed by atoms with Crippen molar-refractivity contribution >= 4 is 0 Å². The second-order valence-corrected chi connectivity index (χ2v) is 4.65. The third-order valence-electron chi connectivity index (χ3n) is 2.76. The van der Waals surface area contributed by atoms with E-state index in [2.05, 4.69) is 5.32 Å². The fourth-order valence-electron chi connectivity index (χ4n) is 1.92. The van der Waals surface area contributed by atoms with Crippen molar-refractivity contribution in [3.05, 3.63) is 0 Å². The van der Waals surface area contributed by atoms with Gasteiger partial charge in [-0.05, 0) is 40.2 Å². The molecule has 0 fully saturated rings. The summed E-state index contributed by atoms with van der Waals surface area (Å²) in [5, 5.41) is 3.20. The monoisotopic (exact) mass is 255 g/mol. The van der Waals surface area contributed by atoms with E-state index in [0.29, 0.717) is 13.0 Å². The molecule has 0 bridgehead atoms. The summed E-state index contributed by atoms with van der Waals surface area (Å²) in [5.41, 5.74) is -0.434. The van der Waals surface area contributed by atoms with Crippen LogP contribution in [-0.4, -0.2) is 31.0 Å². The molecule has 0 heterocycles. The lowest BCUT2D eigenvalue weighted by atomic mass is 9.93. The highest BCUT2D eigenvalue weighted by Crippen LogP contribution is 2.25. The molecule has 0 aromatic heterocycles. The van der Waals surface area contributed by atoms with Crippen molar-refractivity contribution in [2.75, 3.05) is 13.2 Å². The number of nitrogens with one attached hydrogen (secondary N) is 1. The van der Waals surface area contributed by atoms with E-state index < -0.39 is 18.2 Å². The van der Waals surface area contributed by atoms with Gasteiger partial charge in [0.15, 0.2) is 0 Å². The zero-order valence-corrected chi connectivity index (χ0v) is 11.2. The summed E-state index contributed by atoms with van der Waals surface area (Å²) in [6.07, 6.45) is -4.18. The number of rotatable bonds is 8. The Morgan fingerprint density at radius 3 is 2.18 bits per heavy atom. The molecule has 0 aliphatic rings. The van der Waals surface area contributed by atoms with Crippen LogP contribution < -0.4 is 5.32 Å². The van der Waals surface area contributed by atoms with Crippen molar-refractivity contribution < 1.29 is 17.9 Å². The van der Waals surface area contributed by atoms with Crippen LogP contribution in [-0.2, 0) is 4.74 Å². The molecular weight excluding hydrogens is 231 g/mol. The Balaban J connectivity index is 4.23. The molecule has 0 rings (SSSR count). The van der Waals surface area contributed by atoms with Gasteiger partial charge < -0.3 is 10.1 Å². The molecule has 1 N–H and O–H groups in total. The summed E-state index contributed by atoms with van der Waals surface area (Å²) < 4.78 is 41.8. The first-order chi connectivity index (χ1) is 7.73. The van der Waals surface area contributed by atoms with Gasteiger partial charge in [0.05, 0.1) is 5.60 Å². The average molecular weight is 255 g/mol. The summed E-state index contributed by atoms with van der Waals surface area (Å²) in [4.78, 5) is 0. The Hall–Kier alpha value is -0.290. The molecule has 0 aromatic rings. The fourth-order valence-corrected chi connectivity index (χ4v) is 1.92. The maximum absolute atomic E-state index is 12.1. The summed E-state index contributed by atoms with van der Waals surface area (Å²) in [6.45, 7) is 8.95. The predicted octanol–water partition coefficient (Wildman–Crippen LogP) is 3.51. The van der Waals surface area contributed by atoms with Gasteiger partial charge in [-0.15, -0.1) is 0 Å². The molecule has 0 radical (unpaired) electrons. The highest BCUT2D eigenvalue weighted by molar-refractivity contribution is 4.85. The summed E-state index contributed by atoms with van der Waals surface area (Å²) in [5.74, 6) is 0. The van der Waals surface area contributed by atoms with Crippen molar-refractivity contribution in [3.63, 3.8) is 0 Å². The molecule has 0 saturated carbocycles. The number of hydrogen-bond donors (Lipinski definition) is 1. The van der Waals surface area contributed by atoms with Gasteiger partial charge in [-0.2, -0.15) is 13.2 Å². The van der Waals surface area contributed by atoms with E-state index in [4.69, 9.17) is 4.74 Å². The molecule has 1 atom stereocenters. The third-order valence-corrected chi connectivity index (χ3v) is 2.76. The Morgan fingerprint density at radius 1 is 1.18 bits per heavy atom. The molecule has 0 amide bonds. The lowest BCUT2D eigenvalue weighted by Crippen LogP contribution is -2.48. The van der Waals surface area contributed by atoms with Crippen LogP contribution in [0.3, 0.4) is 0 Å². The molecule has 0 aliphatic heterocycles. The standard InChI is InChI=1S/C12H24F3NO/c1-5-16-10(11(3,4)17-6-2)8-7-9-12(13,14)15/h10,16H,5-9H2,1-4H3. The largest absolute Gasteiger partial charge is 0.389 e. The minimum Gasteiger partial charge on any atom is -0.374 e. The van der Waals surface area contributed by atoms with Gasteiger partial charge in [0.1, 0.15) is 0 Å². The second kappa shape index (κ2) is 7.21. The summed E-state index contributed by atoms with van der Waals surface area (Å²) >= 11 is 0. The number of hydrogen-bond acceptors (Lipinski definition) is 2. The minimum absolute atomic E-state index is 0.0465. The molecule has 5 heteroatoms. The first-order valence-electron chi connectivity index (χ1n) is 6.17. The number of halogens is 3. The van der Waals surface area contributed by atoms with Crippen LogP contribution in [0.2, 0.25) is 0 Å². The van der Waals surface area contributed by atoms with Gasteiger partial charge in [0.2, 0.25) is 0 Å². The van der Waals surface area contributed by atoms with Gasteiger partial charge >= 0.3 is 6.18 Å². The van der Waals surface area contributed by atoms with Gasteiger partial charge in [-0.1, -0.05) is 6.92 Å². The Bertz CT molecular complexity index is 204. The minimum atomic E-state index is -4.06. The molecule has 17 heavy (non-hydrogen) atoms. The first-order valence-corrected chi connectivity index (χ1v) is 6.17. The van der Waals surface area contributed by atoms with Gasteiger partial charge in [-0.3, -0.25) is 0 Å². The van der Waals surface area contributed by atoms with Crippen LogP contribution in [0.4, 0.5) is 13.2 Å². The smallest absolute Gasteiger partial charge is 0.374 e. The van der Waals surface area contributed by atoms with Gasteiger partial charge in [0, 0.05) is 19.1 Å². The maximum Gasteiger partial charge on any atom is 0.389 e. The van der Waals surface area contributed by atoms with Crippen LogP contribution in [0.15, 0.2) is 0 Å². The van der Waals surface area contributed by atoms with Crippen LogP contribution in [0.5, 0.6) is 0 Å². The number of likely N-dealkylation sites (N-methyl/N-ethyl adjacent to an activating group) is 1. The van der Waals surface area contributed by atoms with E-state index in [1.54, 1.807) is 0 Å². The molecule has 0 saturated heterocycles. The van der Waals surface area contributed by atoms with Crippen molar-refractivity contribution in [3.8, 4) is 0 Å². The number of ether oxygens (including phenoxy) is 1. The highest BCUT2D eigenvalue weighted by atomic mass is 19.4. The Morgan fingerprint density at radius 2 is 1.76 bits per heavy atom. The fraction of sp³-hybridized carbons (Fsp3) is 1.00. The lowest BCUT2D eigenvalue weighted by Gasteiger charge is -2.35. The zero-order chi connectivity index (χ0) is 13.5. The lowest BCUT2D eigenvalue weighted by molar-refractivity contribution is -0.137. The van der Waals surface area contributed by atoms with E-state index >= 15 is 0 Å². The molecule has 1 unspecified atom stereocenters. The van der Waals surface area contributed by atoms with E-state index in [1.165, 1.54) is 0 Å². The van der Waals surface area contributed by atoms with Crippen molar-refractivity contribution in [2.45, 2.75) is 64.8 Å². The Labute approximate surface area is 102 Å². The first kappa shape index (κ1) is 16.7. The summed E-state index contributed by atoms with van der Waals surface area (Å²) in [6, 6.07) is -0.0465. The van der Waals surface area contributed by atoms with Crippen LogP contribution in [0.1, 0.15) is 47.0 Å². The van der Waals surface area contributed by atoms with Crippen molar-refractivity contribution in [1.29, 1.82) is 0 Å². The van der Waals surface area contributed by atoms with Gasteiger partial charge in [0.25, 0.3) is 0 Å². The summed E-state index contributed by atoms with van der Waals surface area (Å²) in [7, 11) is 0. The molecule has 0 aromatic carbocycles. The second-order valence-electron chi connectivity index (χ2n) is 4.65. The van der Waals surface area contributed by atoms with Gasteiger partial charge in [-0.25, -0.2) is 0 Å². The maximum atomic E-state index is 12.1. The molecule has 0 aliphatic carbocycles. The molecule has 2 nitrogen and oxygen atoms in total. The van der Waals surface area contributed by atoms with Crippen LogP contribution in [0.25, 0.3) is 0 Å². The zero-order valence-electron chi connectivity index (χ0n) is 11.2. The normalized spacial score (nSPS) is 15.0. The Kier molecular flexibility index (Phi) is 7.09. The van der Waals surface area contributed by atoms with E-state index in [-0.39, 0.29) is 12.5 Å². The van der Waals surface area contributed by atoms with Crippen LogP contribution >= 0.6 is 0 Å². The van der Waals surface area contributed by atoms with E-state index in [9.17, 15) is 13.2 Å². The topological polar surface area (TPSA) is 21.3 Å². The SMILES string of the molecule is CCNC(CCCC(F)(F)F)C(C)(C)OCC. The molecule has 0 spiro atoms. The van der Waals surface area contributed by atoms with E-state index in [0.717, 1.165) is 6.54 Å². The van der Waals surface area contributed by atoms with Crippen LogP contribution in [0, 0.1) is 0 Å². The third kappa shape index (κ3) is 7.60. The average Bonchev–Trinajstić information content (AvgIpc) is 2.14. The quantitative estimate of drug-likeness (QED) is 0.716. The van der Waals surface area contributed by atoms with Crippen molar-refractivity contribution in [2.24, 2.45) is 0 Å². The predicted molar refractivity (Wildman–Crippen MR) is 63.1 cm³/mol. The van der Waals surface area contributed by atoms with E-state index in [1.807, 2.05) is 27.7 Å². The van der Waals surface area contributed by atoms with Crippen molar-refractivity contribution in [1.82, 2.24) is 5.32 Å². The number of alkyl halides is 3. The highest BCUT2D eigenvalue weighted by Gasteiger charge is 2.31. The molecular formula is C12H24F3NO. The molecule has 104 valence electrons.